The zero-order valence-electron chi connectivity index (χ0n) is 17.8. The van der Waals surface area contributed by atoms with E-state index in [1.807, 2.05) is 6.92 Å². The van der Waals surface area contributed by atoms with Crippen LogP contribution in [0.15, 0.2) is 44.5 Å². The molecule has 8 nitrogen and oxygen atoms in total. The molecule has 0 saturated carbocycles. The molecule has 2 aromatic heterocycles. The Bertz CT molecular complexity index is 1210. The van der Waals surface area contributed by atoms with Gasteiger partial charge in [0.05, 0.1) is 10.6 Å². The SMILES string of the molecule is CCCCN(C)S(=O)(=O)c1cc(-c2ccc(=O)n(-c3c(C)noc3C)n2)ccc1C. The Kier molecular flexibility index (Phi) is 6.23. The molecule has 0 aliphatic heterocycles. The molecule has 2 heterocycles. The molecule has 0 aliphatic rings. The first-order valence-electron chi connectivity index (χ1n) is 9.77. The molecule has 0 saturated heterocycles. The van der Waals surface area contributed by atoms with Gasteiger partial charge in [-0.3, -0.25) is 4.79 Å². The molecule has 0 amide bonds. The summed E-state index contributed by atoms with van der Waals surface area (Å²) in [6.45, 7) is 7.68. The van der Waals surface area contributed by atoms with Gasteiger partial charge in [-0.05, 0) is 44.9 Å². The van der Waals surface area contributed by atoms with E-state index in [0.29, 0.717) is 40.5 Å². The fourth-order valence-corrected chi connectivity index (χ4v) is 4.67. The van der Waals surface area contributed by atoms with Gasteiger partial charge in [0.15, 0.2) is 5.76 Å². The molecule has 0 atom stereocenters. The molecular weight excluding hydrogens is 404 g/mol. The van der Waals surface area contributed by atoms with E-state index in [1.54, 1.807) is 52.1 Å². The van der Waals surface area contributed by atoms with E-state index in [0.717, 1.165) is 12.8 Å². The Hall–Kier alpha value is -2.78. The van der Waals surface area contributed by atoms with Crippen LogP contribution in [0.4, 0.5) is 0 Å². The molecule has 30 heavy (non-hydrogen) atoms. The fourth-order valence-electron chi connectivity index (χ4n) is 3.21. The topological polar surface area (TPSA) is 98.3 Å². The van der Waals surface area contributed by atoms with Gasteiger partial charge < -0.3 is 4.52 Å². The molecule has 3 rings (SSSR count). The van der Waals surface area contributed by atoms with E-state index in [4.69, 9.17) is 4.52 Å². The Labute approximate surface area is 176 Å². The van der Waals surface area contributed by atoms with E-state index in [9.17, 15) is 13.2 Å². The highest BCUT2D eigenvalue weighted by atomic mass is 32.2. The van der Waals surface area contributed by atoms with Crippen molar-refractivity contribution < 1.29 is 12.9 Å². The Morgan fingerprint density at radius 2 is 1.87 bits per heavy atom. The number of rotatable bonds is 7. The van der Waals surface area contributed by atoms with Crippen LogP contribution in [-0.4, -0.2) is 41.3 Å². The first kappa shape index (κ1) is 21.9. The second kappa shape index (κ2) is 8.53. The number of hydrogen-bond acceptors (Lipinski definition) is 6. The van der Waals surface area contributed by atoms with Crippen LogP contribution in [0.25, 0.3) is 16.9 Å². The van der Waals surface area contributed by atoms with Crippen LogP contribution in [-0.2, 0) is 10.0 Å². The third-order valence-electron chi connectivity index (χ3n) is 5.01. The minimum Gasteiger partial charge on any atom is -0.359 e. The van der Waals surface area contributed by atoms with Crippen molar-refractivity contribution in [1.29, 1.82) is 0 Å². The highest BCUT2D eigenvalue weighted by molar-refractivity contribution is 7.89. The maximum atomic E-state index is 13.1. The van der Waals surface area contributed by atoms with Crippen LogP contribution in [0.1, 0.15) is 36.8 Å². The van der Waals surface area contributed by atoms with Crippen molar-refractivity contribution in [3.63, 3.8) is 0 Å². The van der Waals surface area contributed by atoms with Crippen molar-refractivity contribution in [2.75, 3.05) is 13.6 Å². The molecule has 0 N–H and O–H groups in total. The minimum absolute atomic E-state index is 0.232. The molecule has 9 heteroatoms. The van der Waals surface area contributed by atoms with Gasteiger partial charge in [0, 0.05) is 25.2 Å². The van der Waals surface area contributed by atoms with Crippen molar-refractivity contribution in [3.8, 4) is 16.9 Å². The summed E-state index contributed by atoms with van der Waals surface area (Å²) in [5.74, 6) is 0.476. The number of unbranched alkanes of at least 4 members (excludes halogenated alkanes) is 1. The Morgan fingerprint density at radius 1 is 1.13 bits per heavy atom. The first-order valence-corrected chi connectivity index (χ1v) is 11.2. The average Bonchev–Trinajstić information content (AvgIpc) is 3.05. The largest absolute Gasteiger partial charge is 0.359 e. The molecule has 0 bridgehead atoms. The smallest absolute Gasteiger partial charge is 0.271 e. The summed E-state index contributed by atoms with van der Waals surface area (Å²) in [4.78, 5) is 12.6. The molecule has 0 aliphatic carbocycles. The summed E-state index contributed by atoms with van der Waals surface area (Å²) in [6, 6.07) is 8.14. The maximum Gasteiger partial charge on any atom is 0.271 e. The van der Waals surface area contributed by atoms with Crippen molar-refractivity contribution >= 4 is 10.0 Å². The first-order chi connectivity index (χ1) is 14.2. The van der Waals surface area contributed by atoms with Crippen LogP contribution < -0.4 is 5.56 Å². The monoisotopic (exact) mass is 430 g/mol. The second-order valence-electron chi connectivity index (χ2n) is 7.30. The molecular formula is C21H26N4O4S. The van der Waals surface area contributed by atoms with E-state index in [1.165, 1.54) is 15.1 Å². The maximum absolute atomic E-state index is 13.1. The number of benzene rings is 1. The standard InChI is InChI=1S/C21H26N4O4S/c1-6-7-12-24(5)30(27,28)19-13-17(9-8-14(19)2)18-10-11-20(26)25(22-18)21-15(3)23-29-16(21)4/h8-11,13H,6-7,12H2,1-5H3. The second-order valence-corrected chi connectivity index (χ2v) is 9.32. The summed E-state index contributed by atoms with van der Waals surface area (Å²) in [5, 5.41) is 8.33. The van der Waals surface area contributed by atoms with Gasteiger partial charge in [0.1, 0.15) is 11.4 Å². The average molecular weight is 431 g/mol. The van der Waals surface area contributed by atoms with Crippen molar-refractivity contribution in [2.45, 2.75) is 45.4 Å². The zero-order valence-corrected chi connectivity index (χ0v) is 18.7. The molecule has 160 valence electrons. The van der Waals surface area contributed by atoms with Crippen LogP contribution in [0.5, 0.6) is 0 Å². The van der Waals surface area contributed by atoms with Gasteiger partial charge in [0.2, 0.25) is 10.0 Å². The van der Waals surface area contributed by atoms with Gasteiger partial charge in [-0.25, -0.2) is 12.7 Å². The van der Waals surface area contributed by atoms with Gasteiger partial charge in [-0.2, -0.15) is 9.78 Å². The lowest BCUT2D eigenvalue weighted by Gasteiger charge is -2.19. The van der Waals surface area contributed by atoms with Crippen LogP contribution in [0, 0.1) is 20.8 Å². The number of sulfonamides is 1. The lowest BCUT2D eigenvalue weighted by atomic mass is 10.1. The minimum atomic E-state index is -3.64. The lowest BCUT2D eigenvalue weighted by molar-refractivity contribution is 0.392. The highest BCUT2D eigenvalue weighted by Gasteiger charge is 2.23. The third kappa shape index (κ3) is 4.08. The predicted molar refractivity (Wildman–Crippen MR) is 114 cm³/mol. The van der Waals surface area contributed by atoms with Crippen molar-refractivity contribution in [1.82, 2.24) is 19.2 Å². The summed E-state index contributed by atoms with van der Waals surface area (Å²) in [6.07, 6.45) is 1.70. The van der Waals surface area contributed by atoms with Gasteiger partial charge in [-0.1, -0.05) is 30.6 Å². The summed E-state index contributed by atoms with van der Waals surface area (Å²) < 4.78 is 33.9. The number of aromatic nitrogens is 3. The molecule has 1 aromatic carbocycles. The number of aryl methyl sites for hydroxylation is 3. The van der Waals surface area contributed by atoms with Crippen LogP contribution in [0.2, 0.25) is 0 Å². The van der Waals surface area contributed by atoms with Gasteiger partial charge in [0.25, 0.3) is 5.56 Å². The van der Waals surface area contributed by atoms with E-state index < -0.39 is 10.0 Å². The molecule has 3 aromatic rings. The zero-order chi connectivity index (χ0) is 22.1. The predicted octanol–water partition coefficient (Wildman–Crippen LogP) is 3.23. The third-order valence-corrected chi connectivity index (χ3v) is 7.01. The molecule has 0 spiro atoms. The van der Waals surface area contributed by atoms with Gasteiger partial charge >= 0.3 is 0 Å². The molecule has 0 radical (unpaired) electrons. The summed E-state index contributed by atoms with van der Waals surface area (Å²) in [5.41, 5.74) is 2.43. The number of hydrogen-bond donors (Lipinski definition) is 0. The molecule has 0 fully saturated rings. The van der Waals surface area contributed by atoms with E-state index in [-0.39, 0.29) is 10.5 Å². The quantitative estimate of drug-likeness (QED) is 0.571. The summed E-state index contributed by atoms with van der Waals surface area (Å²) in [7, 11) is -2.05. The van der Waals surface area contributed by atoms with Crippen LogP contribution >= 0.6 is 0 Å². The Morgan fingerprint density at radius 3 is 2.50 bits per heavy atom. The fraction of sp³-hybridized carbons (Fsp3) is 0.381. The number of nitrogens with zero attached hydrogens (tertiary/aromatic N) is 4. The highest BCUT2D eigenvalue weighted by Crippen LogP contribution is 2.26. The summed E-state index contributed by atoms with van der Waals surface area (Å²) >= 11 is 0. The van der Waals surface area contributed by atoms with E-state index in [2.05, 4.69) is 10.3 Å². The van der Waals surface area contributed by atoms with Crippen LogP contribution in [0.3, 0.4) is 0 Å². The normalized spacial score (nSPS) is 11.9. The van der Waals surface area contributed by atoms with E-state index >= 15 is 0 Å². The Balaban J connectivity index is 2.09. The lowest BCUT2D eigenvalue weighted by Crippen LogP contribution is -2.28. The van der Waals surface area contributed by atoms with Gasteiger partial charge in [-0.15, -0.1) is 0 Å². The van der Waals surface area contributed by atoms with Crippen molar-refractivity contribution in [2.24, 2.45) is 0 Å². The molecule has 0 unspecified atom stereocenters. The van der Waals surface area contributed by atoms with Crippen molar-refractivity contribution in [3.05, 3.63) is 57.7 Å².